The molecule has 3 nitrogen and oxygen atoms in total. The highest BCUT2D eigenvalue weighted by molar-refractivity contribution is 5.83. The number of alkyl halides is 3. The van der Waals surface area contributed by atoms with Gasteiger partial charge in [0, 0.05) is 11.1 Å². The van der Waals surface area contributed by atoms with Crippen LogP contribution in [0.1, 0.15) is 17.7 Å². The second kappa shape index (κ2) is 5.66. The van der Waals surface area contributed by atoms with Gasteiger partial charge in [0.2, 0.25) is 0 Å². The molecular formula is C14H15F3N2O. The molecule has 0 radical (unpaired) electrons. The lowest BCUT2D eigenvalue weighted by Crippen LogP contribution is -2.17. The van der Waals surface area contributed by atoms with Crippen molar-refractivity contribution in [2.24, 2.45) is 5.73 Å². The Labute approximate surface area is 114 Å². The summed E-state index contributed by atoms with van der Waals surface area (Å²) >= 11 is 0. The molecule has 0 unspecified atom stereocenters. The summed E-state index contributed by atoms with van der Waals surface area (Å²) in [4.78, 5) is 4.42. The Morgan fingerprint density at radius 3 is 2.65 bits per heavy atom. The molecule has 2 N–H and O–H groups in total. The number of fused-ring (bicyclic) bond motifs is 1. The van der Waals surface area contributed by atoms with E-state index in [4.69, 9.17) is 5.73 Å². The first-order valence-electron chi connectivity index (χ1n) is 6.25. The van der Waals surface area contributed by atoms with E-state index in [1.54, 1.807) is 0 Å². The van der Waals surface area contributed by atoms with Crippen molar-refractivity contribution in [3.8, 4) is 5.75 Å². The predicted octanol–water partition coefficient (Wildman–Crippen LogP) is 3.33. The highest BCUT2D eigenvalue weighted by Crippen LogP contribution is 2.27. The molecule has 0 aliphatic heterocycles. The van der Waals surface area contributed by atoms with E-state index in [-0.39, 0.29) is 5.75 Å². The minimum absolute atomic E-state index is 0.232. The Balaban J connectivity index is 2.36. The maximum Gasteiger partial charge on any atom is 0.573 e. The molecule has 2 aromatic rings. The minimum atomic E-state index is -4.68. The van der Waals surface area contributed by atoms with E-state index in [1.807, 2.05) is 13.0 Å². The number of halogens is 3. The van der Waals surface area contributed by atoms with Crippen LogP contribution in [-0.4, -0.2) is 17.9 Å². The maximum absolute atomic E-state index is 12.2. The number of nitrogens with two attached hydrogens (primary N) is 1. The number of aromatic nitrogens is 1. The molecule has 0 saturated heterocycles. The summed E-state index contributed by atoms with van der Waals surface area (Å²) < 4.78 is 40.5. The summed E-state index contributed by atoms with van der Waals surface area (Å²) in [5.41, 5.74) is 7.88. The SMILES string of the molecule is Cc1cc(CCCN)nc2ccc(OC(F)(F)F)cc12. The van der Waals surface area contributed by atoms with Gasteiger partial charge in [0.25, 0.3) is 0 Å². The van der Waals surface area contributed by atoms with Crippen LogP contribution in [0.4, 0.5) is 13.2 Å². The number of nitrogens with zero attached hydrogens (tertiary/aromatic N) is 1. The molecule has 6 heteroatoms. The minimum Gasteiger partial charge on any atom is -0.406 e. The van der Waals surface area contributed by atoms with Crippen molar-refractivity contribution in [2.45, 2.75) is 26.1 Å². The van der Waals surface area contributed by atoms with Crippen LogP contribution in [0, 0.1) is 6.92 Å². The first-order valence-corrected chi connectivity index (χ1v) is 6.25. The summed E-state index contributed by atoms with van der Waals surface area (Å²) in [6, 6.07) is 6.04. The fraction of sp³-hybridized carbons (Fsp3) is 0.357. The van der Waals surface area contributed by atoms with E-state index >= 15 is 0 Å². The highest BCUT2D eigenvalue weighted by Gasteiger charge is 2.31. The molecule has 108 valence electrons. The van der Waals surface area contributed by atoms with Crippen molar-refractivity contribution in [1.82, 2.24) is 4.98 Å². The summed E-state index contributed by atoms with van der Waals surface area (Å²) in [5, 5.41) is 0.656. The molecular weight excluding hydrogens is 269 g/mol. The smallest absolute Gasteiger partial charge is 0.406 e. The number of benzene rings is 1. The van der Waals surface area contributed by atoms with Crippen LogP contribution in [0.5, 0.6) is 5.75 Å². The van der Waals surface area contributed by atoms with Crippen LogP contribution in [0.2, 0.25) is 0 Å². The molecule has 0 spiro atoms. The predicted molar refractivity (Wildman–Crippen MR) is 70.5 cm³/mol. The molecule has 0 saturated carbocycles. The third kappa shape index (κ3) is 3.60. The number of ether oxygens (including phenoxy) is 1. The van der Waals surface area contributed by atoms with Gasteiger partial charge in [0.15, 0.2) is 0 Å². The number of rotatable bonds is 4. The fourth-order valence-corrected chi connectivity index (χ4v) is 2.05. The van der Waals surface area contributed by atoms with Crippen molar-refractivity contribution in [3.05, 3.63) is 35.5 Å². The van der Waals surface area contributed by atoms with E-state index in [0.29, 0.717) is 17.4 Å². The molecule has 1 aromatic heterocycles. The molecule has 0 aliphatic rings. The normalized spacial score (nSPS) is 11.8. The molecule has 1 aromatic carbocycles. The lowest BCUT2D eigenvalue weighted by atomic mass is 10.1. The van der Waals surface area contributed by atoms with Crippen LogP contribution in [0.25, 0.3) is 10.9 Å². The van der Waals surface area contributed by atoms with Gasteiger partial charge in [0.1, 0.15) is 5.75 Å². The van der Waals surface area contributed by atoms with E-state index < -0.39 is 6.36 Å². The van der Waals surface area contributed by atoms with Gasteiger partial charge in [-0.15, -0.1) is 13.2 Å². The second-order valence-electron chi connectivity index (χ2n) is 4.55. The van der Waals surface area contributed by atoms with Gasteiger partial charge in [-0.25, -0.2) is 0 Å². The maximum atomic E-state index is 12.2. The Morgan fingerprint density at radius 2 is 2.00 bits per heavy atom. The van der Waals surface area contributed by atoms with Crippen LogP contribution >= 0.6 is 0 Å². The van der Waals surface area contributed by atoms with E-state index in [9.17, 15) is 13.2 Å². The van der Waals surface area contributed by atoms with E-state index in [2.05, 4.69) is 9.72 Å². The van der Waals surface area contributed by atoms with E-state index in [1.165, 1.54) is 18.2 Å². The van der Waals surface area contributed by atoms with Gasteiger partial charge in [-0.05, 0) is 56.1 Å². The van der Waals surface area contributed by atoms with Crippen molar-refractivity contribution < 1.29 is 17.9 Å². The monoisotopic (exact) mass is 284 g/mol. The number of aryl methyl sites for hydroxylation is 2. The largest absolute Gasteiger partial charge is 0.573 e. The van der Waals surface area contributed by atoms with Crippen molar-refractivity contribution >= 4 is 10.9 Å². The zero-order valence-electron chi connectivity index (χ0n) is 11.0. The van der Waals surface area contributed by atoms with Crippen LogP contribution in [0.3, 0.4) is 0 Å². The standard InChI is InChI=1S/C14H15F3N2O/c1-9-7-10(3-2-6-18)19-13-5-4-11(8-12(9)13)20-14(15,16)17/h4-5,7-8H,2-3,6,18H2,1H3. The number of hydrogen-bond acceptors (Lipinski definition) is 3. The van der Waals surface area contributed by atoms with Crippen LogP contribution in [0.15, 0.2) is 24.3 Å². The summed E-state index contributed by atoms with van der Waals surface area (Å²) in [6.45, 7) is 2.42. The van der Waals surface area contributed by atoms with Crippen molar-refractivity contribution in [2.75, 3.05) is 6.54 Å². The van der Waals surface area contributed by atoms with E-state index in [0.717, 1.165) is 24.1 Å². The molecule has 0 amide bonds. The van der Waals surface area contributed by atoms with Crippen molar-refractivity contribution in [3.63, 3.8) is 0 Å². The second-order valence-corrected chi connectivity index (χ2v) is 4.55. The van der Waals surface area contributed by atoms with Gasteiger partial charge in [-0.3, -0.25) is 4.98 Å². The Kier molecular flexibility index (Phi) is 4.13. The molecule has 0 aliphatic carbocycles. The van der Waals surface area contributed by atoms with Gasteiger partial charge < -0.3 is 10.5 Å². The molecule has 0 fully saturated rings. The van der Waals surface area contributed by atoms with Gasteiger partial charge in [-0.2, -0.15) is 0 Å². The molecule has 2 rings (SSSR count). The third-order valence-corrected chi connectivity index (χ3v) is 2.91. The Hall–Kier alpha value is -1.82. The fourth-order valence-electron chi connectivity index (χ4n) is 2.05. The topological polar surface area (TPSA) is 48.1 Å². The zero-order valence-corrected chi connectivity index (χ0v) is 11.0. The lowest BCUT2D eigenvalue weighted by molar-refractivity contribution is -0.274. The quantitative estimate of drug-likeness (QED) is 0.936. The lowest BCUT2D eigenvalue weighted by Gasteiger charge is -2.11. The van der Waals surface area contributed by atoms with Crippen LogP contribution in [-0.2, 0) is 6.42 Å². The van der Waals surface area contributed by atoms with Gasteiger partial charge >= 0.3 is 6.36 Å². The molecule has 1 heterocycles. The number of pyridine rings is 1. The van der Waals surface area contributed by atoms with Gasteiger partial charge in [-0.1, -0.05) is 0 Å². The highest BCUT2D eigenvalue weighted by atomic mass is 19.4. The molecule has 0 atom stereocenters. The third-order valence-electron chi connectivity index (χ3n) is 2.91. The Morgan fingerprint density at radius 1 is 1.25 bits per heavy atom. The first-order chi connectivity index (χ1) is 9.39. The molecule has 0 bridgehead atoms. The Bertz CT molecular complexity index is 611. The number of hydrogen-bond donors (Lipinski definition) is 1. The molecule has 20 heavy (non-hydrogen) atoms. The van der Waals surface area contributed by atoms with Crippen molar-refractivity contribution in [1.29, 1.82) is 0 Å². The zero-order chi connectivity index (χ0) is 14.8. The average Bonchev–Trinajstić information content (AvgIpc) is 2.35. The summed E-state index contributed by atoms with van der Waals surface area (Å²) in [6.07, 6.45) is -3.10. The summed E-state index contributed by atoms with van der Waals surface area (Å²) in [5.74, 6) is -0.232. The van der Waals surface area contributed by atoms with Gasteiger partial charge in [0.05, 0.1) is 5.52 Å². The first kappa shape index (κ1) is 14.6. The average molecular weight is 284 g/mol. The van der Waals surface area contributed by atoms with Crippen LogP contribution < -0.4 is 10.5 Å². The summed E-state index contributed by atoms with van der Waals surface area (Å²) in [7, 11) is 0.